The van der Waals surface area contributed by atoms with Crippen molar-refractivity contribution < 1.29 is 17.9 Å². The maximum atomic E-state index is 12.4. The lowest BCUT2D eigenvalue weighted by molar-refractivity contribution is -0.144. The third-order valence-electron chi connectivity index (χ3n) is 2.80. The highest BCUT2D eigenvalue weighted by atomic mass is 19.4. The molecule has 82 valence electrons. The van der Waals surface area contributed by atoms with E-state index in [0.29, 0.717) is 12.2 Å². The van der Waals surface area contributed by atoms with Gasteiger partial charge in [0.05, 0.1) is 17.8 Å². The number of rotatable bonds is 1. The van der Waals surface area contributed by atoms with Gasteiger partial charge < -0.3 is 4.74 Å². The molecule has 1 nitrogen and oxygen atoms in total. The first-order valence-corrected chi connectivity index (χ1v) is 4.73. The predicted molar refractivity (Wildman–Crippen MR) is 49.4 cm³/mol. The van der Waals surface area contributed by atoms with Crippen molar-refractivity contribution in [1.82, 2.24) is 0 Å². The molecule has 0 N–H and O–H groups in total. The zero-order chi connectivity index (χ0) is 11.1. The topological polar surface area (TPSA) is 9.23 Å². The van der Waals surface area contributed by atoms with E-state index in [0.717, 1.165) is 12.5 Å². The van der Waals surface area contributed by atoms with E-state index < -0.39 is 17.3 Å². The lowest BCUT2D eigenvalue weighted by Gasteiger charge is -2.39. The van der Waals surface area contributed by atoms with Crippen LogP contribution in [-0.4, -0.2) is 6.61 Å². The molecule has 0 spiro atoms. The third-order valence-corrected chi connectivity index (χ3v) is 2.80. The minimum absolute atomic E-state index is 0.527. The molecule has 0 saturated carbocycles. The standard InChI is InChI=1S/C11H11F3O/c1-10(5-6-15-10)8-3-2-4-9(7-8)11(12,13)14/h2-4,7H,5-6H2,1H3. The summed E-state index contributed by atoms with van der Waals surface area (Å²) in [6.07, 6.45) is -3.51. The van der Waals surface area contributed by atoms with Gasteiger partial charge in [0, 0.05) is 6.42 Å². The fraction of sp³-hybridized carbons (Fsp3) is 0.455. The van der Waals surface area contributed by atoms with E-state index in [1.807, 2.05) is 6.92 Å². The van der Waals surface area contributed by atoms with Crippen LogP contribution in [0.25, 0.3) is 0 Å². The van der Waals surface area contributed by atoms with Crippen molar-refractivity contribution in [3.8, 4) is 0 Å². The molecule has 1 saturated heterocycles. The molecule has 1 aliphatic heterocycles. The molecule has 1 fully saturated rings. The summed E-state index contributed by atoms with van der Waals surface area (Å²) in [6.45, 7) is 2.43. The van der Waals surface area contributed by atoms with Gasteiger partial charge in [-0.25, -0.2) is 0 Å². The van der Waals surface area contributed by atoms with Gasteiger partial charge >= 0.3 is 6.18 Å². The monoisotopic (exact) mass is 216 g/mol. The molecule has 1 heterocycles. The lowest BCUT2D eigenvalue weighted by Crippen LogP contribution is -2.37. The van der Waals surface area contributed by atoms with Gasteiger partial charge in [-0.1, -0.05) is 12.1 Å². The maximum absolute atomic E-state index is 12.4. The lowest BCUT2D eigenvalue weighted by atomic mass is 9.87. The highest BCUT2D eigenvalue weighted by molar-refractivity contribution is 5.30. The number of alkyl halides is 3. The van der Waals surface area contributed by atoms with Crippen LogP contribution in [0, 0.1) is 0 Å². The van der Waals surface area contributed by atoms with Crippen LogP contribution >= 0.6 is 0 Å². The summed E-state index contributed by atoms with van der Waals surface area (Å²) < 4.78 is 42.6. The van der Waals surface area contributed by atoms with E-state index in [9.17, 15) is 13.2 Å². The van der Waals surface area contributed by atoms with E-state index in [1.54, 1.807) is 6.07 Å². The molecule has 2 rings (SSSR count). The Bertz CT molecular complexity index is 366. The van der Waals surface area contributed by atoms with Crippen LogP contribution in [0.2, 0.25) is 0 Å². The summed E-state index contributed by atoms with van der Waals surface area (Å²) >= 11 is 0. The molecule has 1 atom stereocenters. The number of ether oxygens (including phenoxy) is 1. The predicted octanol–water partition coefficient (Wildman–Crippen LogP) is 3.34. The van der Waals surface area contributed by atoms with Crippen molar-refractivity contribution in [3.05, 3.63) is 35.4 Å². The van der Waals surface area contributed by atoms with E-state index in [1.165, 1.54) is 12.1 Å². The Labute approximate surface area is 85.9 Å². The molecule has 0 amide bonds. The highest BCUT2D eigenvalue weighted by Gasteiger charge is 2.37. The van der Waals surface area contributed by atoms with Crippen LogP contribution in [0.1, 0.15) is 24.5 Å². The molecular weight excluding hydrogens is 205 g/mol. The fourth-order valence-electron chi connectivity index (χ4n) is 1.66. The summed E-state index contributed by atoms with van der Waals surface area (Å²) in [4.78, 5) is 0. The zero-order valence-electron chi connectivity index (χ0n) is 8.27. The molecule has 0 aliphatic carbocycles. The van der Waals surface area contributed by atoms with Crippen LogP contribution in [0.15, 0.2) is 24.3 Å². The molecule has 4 heteroatoms. The molecule has 0 bridgehead atoms. The fourth-order valence-corrected chi connectivity index (χ4v) is 1.66. The van der Waals surface area contributed by atoms with Crippen molar-refractivity contribution in [3.63, 3.8) is 0 Å². The van der Waals surface area contributed by atoms with Gasteiger partial charge in [-0.05, 0) is 24.6 Å². The van der Waals surface area contributed by atoms with E-state index in [4.69, 9.17) is 4.74 Å². The summed E-state index contributed by atoms with van der Waals surface area (Å²) in [6, 6.07) is 5.34. The van der Waals surface area contributed by atoms with Crippen LogP contribution in [0.5, 0.6) is 0 Å². The molecule has 1 aliphatic rings. The normalized spacial score (nSPS) is 26.1. The minimum atomic E-state index is -4.28. The molecule has 1 unspecified atom stereocenters. The van der Waals surface area contributed by atoms with Crippen LogP contribution in [-0.2, 0) is 16.5 Å². The first kappa shape index (κ1) is 10.5. The highest BCUT2D eigenvalue weighted by Crippen LogP contribution is 2.39. The minimum Gasteiger partial charge on any atom is -0.370 e. The first-order chi connectivity index (χ1) is 6.92. The Balaban J connectivity index is 2.35. The van der Waals surface area contributed by atoms with Gasteiger partial charge in [-0.15, -0.1) is 0 Å². The SMILES string of the molecule is CC1(c2cccc(C(F)(F)F)c2)CCO1. The van der Waals surface area contributed by atoms with Gasteiger partial charge in [-0.2, -0.15) is 13.2 Å². The Kier molecular flexibility index (Phi) is 2.26. The Morgan fingerprint density at radius 3 is 2.47 bits per heavy atom. The number of benzene rings is 1. The summed E-state index contributed by atoms with van der Waals surface area (Å²) in [5.74, 6) is 0. The second kappa shape index (κ2) is 3.23. The molecule has 1 aromatic carbocycles. The van der Waals surface area contributed by atoms with Crippen molar-refractivity contribution in [2.24, 2.45) is 0 Å². The van der Waals surface area contributed by atoms with E-state index in [-0.39, 0.29) is 0 Å². The average Bonchev–Trinajstić information content (AvgIpc) is 2.13. The van der Waals surface area contributed by atoms with Gasteiger partial charge in [0.15, 0.2) is 0 Å². The van der Waals surface area contributed by atoms with Gasteiger partial charge in [0.25, 0.3) is 0 Å². The van der Waals surface area contributed by atoms with Crippen molar-refractivity contribution >= 4 is 0 Å². The smallest absolute Gasteiger partial charge is 0.370 e. The van der Waals surface area contributed by atoms with Gasteiger partial charge in [0.2, 0.25) is 0 Å². The first-order valence-electron chi connectivity index (χ1n) is 4.73. The molecule has 0 radical (unpaired) electrons. The average molecular weight is 216 g/mol. The van der Waals surface area contributed by atoms with E-state index in [2.05, 4.69) is 0 Å². The molecule has 15 heavy (non-hydrogen) atoms. The number of hydrogen-bond acceptors (Lipinski definition) is 1. The maximum Gasteiger partial charge on any atom is 0.416 e. The number of hydrogen-bond donors (Lipinski definition) is 0. The van der Waals surface area contributed by atoms with Crippen molar-refractivity contribution in [2.45, 2.75) is 25.1 Å². The van der Waals surface area contributed by atoms with E-state index >= 15 is 0 Å². The van der Waals surface area contributed by atoms with Crippen LogP contribution < -0.4 is 0 Å². The Hall–Kier alpha value is -1.03. The third kappa shape index (κ3) is 1.86. The summed E-state index contributed by atoms with van der Waals surface area (Å²) in [5.41, 5.74) is -0.540. The van der Waals surface area contributed by atoms with Crippen molar-refractivity contribution in [1.29, 1.82) is 0 Å². The molecule has 0 aromatic heterocycles. The second-order valence-electron chi connectivity index (χ2n) is 3.91. The van der Waals surface area contributed by atoms with Gasteiger partial charge in [0.1, 0.15) is 0 Å². The quantitative estimate of drug-likeness (QED) is 0.699. The largest absolute Gasteiger partial charge is 0.416 e. The summed E-state index contributed by atoms with van der Waals surface area (Å²) in [5, 5.41) is 0. The zero-order valence-corrected chi connectivity index (χ0v) is 8.27. The van der Waals surface area contributed by atoms with Crippen LogP contribution in [0.3, 0.4) is 0 Å². The van der Waals surface area contributed by atoms with Crippen LogP contribution in [0.4, 0.5) is 13.2 Å². The second-order valence-corrected chi connectivity index (χ2v) is 3.91. The Morgan fingerprint density at radius 2 is 2.00 bits per heavy atom. The van der Waals surface area contributed by atoms with Crippen molar-refractivity contribution in [2.75, 3.05) is 6.61 Å². The summed E-state index contributed by atoms with van der Waals surface area (Å²) in [7, 11) is 0. The molecular formula is C11H11F3O. The molecule has 1 aromatic rings. The number of halogens is 3. The van der Waals surface area contributed by atoms with Gasteiger partial charge in [-0.3, -0.25) is 0 Å². The Morgan fingerprint density at radius 1 is 1.33 bits per heavy atom.